The van der Waals surface area contributed by atoms with Crippen LogP contribution >= 0.6 is 0 Å². The molecule has 0 unspecified atom stereocenters. The smallest absolute Gasteiger partial charge is 0.240 e. The summed E-state index contributed by atoms with van der Waals surface area (Å²) in [6.07, 6.45) is 0.259. The molecule has 16 heavy (non-hydrogen) atoms. The lowest BCUT2D eigenvalue weighted by Gasteiger charge is -2.13. The molecule has 0 aliphatic rings. The molecule has 2 amide bonds. The fourth-order valence-electron chi connectivity index (χ4n) is 1.32. The summed E-state index contributed by atoms with van der Waals surface area (Å²) >= 11 is 0. The van der Waals surface area contributed by atoms with Gasteiger partial charge in [-0.15, -0.1) is 0 Å². The number of benzene rings is 1. The molecule has 0 aromatic heterocycles. The predicted molar refractivity (Wildman–Crippen MR) is 56.9 cm³/mol. The Morgan fingerprint density at radius 3 is 2.38 bits per heavy atom. The molecular weight excluding hydrogens is 211 g/mol. The van der Waals surface area contributed by atoms with Crippen molar-refractivity contribution in [2.45, 2.75) is 19.4 Å². The molecule has 0 spiro atoms. The zero-order valence-electron chi connectivity index (χ0n) is 8.87. The first-order chi connectivity index (χ1) is 7.49. The number of amides is 2. The average Bonchev–Trinajstić information content (AvgIpc) is 2.19. The number of halogens is 1. The van der Waals surface area contributed by atoms with Gasteiger partial charge in [0.1, 0.15) is 11.9 Å². The van der Waals surface area contributed by atoms with Crippen LogP contribution in [0.3, 0.4) is 0 Å². The lowest BCUT2D eigenvalue weighted by Crippen LogP contribution is -2.44. The van der Waals surface area contributed by atoms with Gasteiger partial charge < -0.3 is 11.1 Å². The van der Waals surface area contributed by atoms with E-state index in [4.69, 9.17) is 5.73 Å². The van der Waals surface area contributed by atoms with E-state index in [1.165, 1.54) is 19.1 Å². The maximum absolute atomic E-state index is 12.6. The molecule has 0 aliphatic heterocycles. The molecule has 1 atom stereocenters. The van der Waals surface area contributed by atoms with Gasteiger partial charge in [-0.2, -0.15) is 0 Å². The number of carbonyl (C=O) groups is 2. The number of nitrogens with two attached hydrogens (primary N) is 1. The van der Waals surface area contributed by atoms with Gasteiger partial charge in [0, 0.05) is 13.3 Å². The molecule has 0 radical (unpaired) electrons. The summed E-state index contributed by atoms with van der Waals surface area (Å²) in [5.41, 5.74) is 5.87. The van der Waals surface area contributed by atoms with Crippen molar-refractivity contribution >= 4 is 11.8 Å². The number of hydrogen-bond acceptors (Lipinski definition) is 2. The monoisotopic (exact) mass is 224 g/mol. The highest BCUT2D eigenvalue weighted by atomic mass is 19.1. The quantitative estimate of drug-likeness (QED) is 0.775. The molecule has 0 heterocycles. The zero-order chi connectivity index (χ0) is 12.1. The molecule has 3 N–H and O–H groups in total. The maximum atomic E-state index is 12.6. The third-order valence-electron chi connectivity index (χ3n) is 2.07. The second-order valence-electron chi connectivity index (χ2n) is 3.49. The molecule has 5 heteroatoms. The van der Waals surface area contributed by atoms with Crippen LogP contribution in [0.2, 0.25) is 0 Å². The highest BCUT2D eigenvalue weighted by molar-refractivity contribution is 5.85. The molecule has 0 saturated carbocycles. The first-order valence-electron chi connectivity index (χ1n) is 4.80. The number of hydrogen-bond donors (Lipinski definition) is 2. The summed E-state index contributed by atoms with van der Waals surface area (Å²) in [6.45, 7) is 1.31. The SMILES string of the molecule is CC(=O)N[C@H](Cc1ccc(F)cc1)C(N)=O. The van der Waals surface area contributed by atoms with Crippen LogP contribution in [0.4, 0.5) is 4.39 Å². The van der Waals surface area contributed by atoms with Crippen molar-refractivity contribution in [3.63, 3.8) is 0 Å². The normalized spacial score (nSPS) is 11.9. The lowest BCUT2D eigenvalue weighted by molar-refractivity contribution is -0.126. The number of rotatable bonds is 4. The summed E-state index contributed by atoms with van der Waals surface area (Å²) in [6, 6.07) is 4.92. The second kappa shape index (κ2) is 5.25. The zero-order valence-corrected chi connectivity index (χ0v) is 8.87. The minimum absolute atomic E-state index is 0.259. The Kier molecular flexibility index (Phi) is 3.99. The fourth-order valence-corrected chi connectivity index (χ4v) is 1.32. The standard InChI is InChI=1S/C11H13FN2O2/c1-7(15)14-10(11(13)16)6-8-2-4-9(12)5-3-8/h2-5,10H,6H2,1H3,(H2,13,16)(H,14,15)/t10-/m1/s1. The Morgan fingerprint density at radius 1 is 1.38 bits per heavy atom. The van der Waals surface area contributed by atoms with E-state index >= 15 is 0 Å². The van der Waals surface area contributed by atoms with Gasteiger partial charge in [-0.1, -0.05) is 12.1 Å². The van der Waals surface area contributed by atoms with Crippen LogP contribution in [0.15, 0.2) is 24.3 Å². The van der Waals surface area contributed by atoms with Crippen molar-refractivity contribution in [3.05, 3.63) is 35.6 Å². The minimum atomic E-state index is -0.761. The van der Waals surface area contributed by atoms with E-state index in [1.807, 2.05) is 0 Å². The van der Waals surface area contributed by atoms with Crippen LogP contribution in [-0.4, -0.2) is 17.9 Å². The molecule has 1 aromatic rings. The summed E-state index contributed by atoms with van der Waals surface area (Å²) in [7, 11) is 0. The van der Waals surface area contributed by atoms with E-state index in [1.54, 1.807) is 12.1 Å². The third-order valence-corrected chi connectivity index (χ3v) is 2.07. The van der Waals surface area contributed by atoms with Crippen molar-refractivity contribution in [1.29, 1.82) is 0 Å². The first-order valence-corrected chi connectivity index (χ1v) is 4.80. The highest BCUT2D eigenvalue weighted by Gasteiger charge is 2.16. The molecule has 0 fully saturated rings. The number of carbonyl (C=O) groups excluding carboxylic acids is 2. The molecule has 86 valence electrons. The molecule has 1 rings (SSSR count). The van der Waals surface area contributed by atoms with Gasteiger partial charge >= 0.3 is 0 Å². The van der Waals surface area contributed by atoms with E-state index in [2.05, 4.69) is 5.32 Å². The van der Waals surface area contributed by atoms with Gasteiger partial charge in [0.15, 0.2) is 0 Å². The maximum Gasteiger partial charge on any atom is 0.240 e. The minimum Gasteiger partial charge on any atom is -0.368 e. The highest BCUT2D eigenvalue weighted by Crippen LogP contribution is 2.05. The van der Waals surface area contributed by atoms with Crippen molar-refractivity contribution < 1.29 is 14.0 Å². The Labute approximate surface area is 92.6 Å². The van der Waals surface area contributed by atoms with Crippen molar-refractivity contribution in [3.8, 4) is 0 Å². The van der Waals surface area contributed by atoms with Gasteiger partial charge in [-0.25, -0.2) is 4.39 Å². The number of nitrogens with one attached hydrogen (secondary N) is 1. The summed E-state index contributed by atoms with van der Waals surface area (Å²) in [5, 5.41) is 2.44. The second-order valence-corrected chi connectivity index (χ2v) is 3.49. The van der Waals surface area contributed by atoms with Crippen LogP contribution in [0.25, 0.3) is 0 Å². The summed E-state index contributed by atoms with van der Waals surface area (Å²) in [5.74, 6) is -1.29. The van der Waals surface area contributed by atoms with Crippen LogP contribution in [0.5, 0.6) is 0 Å². The van der Waals surface area contributed by atoms with Crippen molar-refractivity contribution in [1.82, 2.24) is 5.32 Å². The van der Waals surface area contributed by atoms with Gasteiger partial charge in [0.05, 0.1) is 0 Å². The van der Waals surface area contributed by atoms with Crippen molar-refractivity contribution in [2.24, 2.45) is 5.73 Å². The van der Waals surface area contributed by atoms with Gasteiger partial charge in [-0.05, 0) is 17.7 Å². The van der Waals surface area contributed by atoms with E-state index in [-0.39, 0.29) is 18.1 Å². The lowest BCUT2D eigenvalue weighted by atomic mass is 10.1. The van der Waals surface area contributed by atoms with Gasteiger partial charge in [0.25, 0.3) is 0 Å². The van der Waals surface area contributed by atoms with E-state index in [9.17, 15) is 14.0 Å². The van der Waals surface area contributed by atoms with E-state index in [0.29, 0.717) is 0 Å². The van der Waals surface area contributed by atoms with Crippen LogP contribution in [0.1, 0.15) is 12.5 Å². The van der Waals surface area contributed by atoms with Gasteiger partial charge in [0.2, 0.25) is 11.8 Å². The Balaban J connectivity index is 2.71. The van der Waals surface area contributed by atoms with Gasteiger partial charge in [-0.3, -0.25) is 9.59 Å². The van der Waals surface area contributed by atoms with Crippen LogP contribution in [0, 0.1) is 5.82 Å². The molecule has 0 aliphatic carbocycles. The molecule has 0 saturated heterocycles. The predicted octanol–water partition coefficient (Wildman–Crippen LogP) is 0.358. The fraction of sp³-hybridized carbons (Fsp3) is 0.273. The first kappa shape index (κ1) is 12.2. The van der Waals surface area contributed by atoms with E-state index < -0.39 is 11.9 Å². The molecule has 0 bridgehead atoms. The van der Waals surface area contributed by atoms with E-state index in [0.717, 1.165) is 5.56 Å². The topological polar surface area (TPSA) is 72.2 Å². The molecule has 1 aromatic carbocycles. The summed E-state index contributed by atoms with van der Waals surface area (Å²) < 4.78 is 12.6. The number of primary amides is 1. The van der Waals surface area contributed by atoms with Crippen molar-refractivity contribution in [2.75, 3.05) is 0 Å². The molecular formula is C11H13FN2O2. The largest absolute Gasteiger partial charge is 0.368 e. The Hall–Kier alpha value is -1.91. The van der Waals surface area contributed by atoms with Crippen LogP contribution < -0.4 is 11.1 Å². The van der Waals surface area contributed by atoms with Crippen LogP contribution in [-0.2, 0) is 16.0 Å². The third kappa shape index (κ3) is 3.68. The Bertz CT molecular complexity index is 389. The average molecular weight is 224 g/mol. The Morgan fingerprint density at radius 2 is 1.94 bits per heavy atom. The molecule has 4 nitrogen and oxygen atoms in total. The summed E-state index contributed by atoms with van der Waals surface area (Å²) in [4.78, 5) is 21.9.